The number of methoxy groups -OCH3 is 1. The van der Waals surface area contributed by atoms with Crippen LogP contribution in [-0.2, 0) is 24.3 Å². The number of rotatable bonds is 9. The van der Waals surface area contributed by atoms with E-state index in [0.717, 1.165) is 12.7 Å². The minimum absolute atomic E-state index is 0.0778. The standard InChI is InChI=1S/C13H25N3O5S/c1-21-11-3-5-16(22(2,19)20)6-4-13(18)15-9-7-14(12-17)8-10-15/h12H,3-11H2,1-2H3. The van der Waals surface area contributed by atoms with Crippen molar-refractivity contribution in [1.29, 1.82) is 0 Å². The Bertz CT molecular complexity index is 460. The van der Waals surface area contributed by atoms with Crippen LogP contribution in [0.1, 0.15) is 12.8 Å². The first-order valence-electron chi connectivity index (χ1n) is 7.29. The van der Waals surface area contributed by atoms with Crippen LogP contribution < -0.4 is 0 Å². The Morgan fingerprint density at radius 3 is 2.36 bits per heavy atom. The number of carbonyl (C=O) groups excluding carboxylic acids is 2. The number of ether oxygens (including phenoxy) is 1. The maximum absolute atomic E-state index is 12.1. The van der Waals surface area contributed by atoms with Gasteiger partial charge in [-0.3, -0.25) is 9.59 Å². The Balaban J connectivity index is 2.43. The van der Waals surface area contributed by atoms with Gasteiger partial charge in [0.2, 0.25) is 22.3 Å². The number of hydrogen-bond acceptors (Lipinski definition) is 5. The monoisotopic (exact) mass is 335 g/mol. The van der Waals surface area contributed by atoms with E-state index in [9.17, 15) is 18.0 Å². The van der Waals surface area contributed by atoms with E-state index in [2.05, 4.69) is 0 Å². The largest absolute Gasteiger partial charge is 0.385 e. The molecule has 1 rings (SSSR count). The highest BCUT2D eigenvalue weighted by atomic mass is 32.2. The van der Waals surface area contributed by atoms with Crippen LogP contribution in [0.3, 0.4) is 0 Å². The van der Waals surface area contributed by atoms with Gasteiger partial charge in [-0.05, 0) is 6.42 Å². The first kappa shape index (κ1) is 18.9. The minimum atomic E-state index is -3.33. The molecule has 0 aromatic heterocycles. The lowest BCUT2D eigenvalue weighted by atomic mass is 10.3. The number of amides is 2. The zero-order chi connectivity index (χ0) is 16.6. The van der Waals surface area contributed by atoms with Crippen LogP contribution in [0.4, 0.5) is 0 Å². The molecule has 1 saturated heterocycles. The number of carbonyl (C=O) groups is 2. The predicted molar refractivity (Wildman–Crippen MR) is 81.7 cm³/mol. The third kappa shape index (κ3) is 6.29. The lowest BCUT2D eigenvalue weighted by Gasteiger charge is -2.33. The molecule has 128 valence electrons. The molecule has 1 aliphatic heterocycles. The topological polar surface area (TPSA) is 87.2 Å². The van der Waals surface area contributed by atoms with E-state index in [1.165, 1.54) is 4.31 Å². The van der Waals surface area contributed by atoms with E-state index in [4.69, 9.17) is 4.74 Å². The summed E-state index contributed by atoms with van der Waals surface area (Å²) in [5, 5.41) is 0. The molecule has 0 bridgehead atoms. The summed E-state index contributed by atoms with van der Waals surface area (Å²) in [5.74, 6) is -0.0778. The van der Waals surface area contributed by atoms with Crippen LogP contribution >= 0.6 is 0 Å². The van der Waals surface area contributed by atoms with Crippen molar-refractivity contribution < 1.29 is 22.7 Å². The van der Waals surface area contributed by atoms with Gasteiger partial charge in [-0.25, -0.2) is 12.7 Å². The van der Waals surface area contributed by atoms with Crippen molar-refractivity contribution in [2.75, 3.05) is 59.2 Å². The maximum Gasteiger partial charge on any atom is 0.224 e. The van der Waals surface area contributed by atoms with E-state index in [1.807, 2.05) is 0 Å². The van der Waals surface area contributed by atoms with E-state index < -0.39 is 10.0 Å². The van der Waals surface area contributed by atoms with E-state index in [0.29, 0.717) is 45.8 Å². The Kier molecular flexibility index (Phi) is 7.77. The smallest absolute Gasteiger partial charge is 0.224 e. The molecule has 1 fully saturated rings. The Morgan fingerprint density at radius 2 is 1.86 bits per heavy atom. The highest BCUT2D eigenvalue weighted by Gasteiger charge is 2.22. The summed E-state index contributed by atoms with van der Waals surface area (Å²) in [6.45, 7) is 3.06. The van der Waals surface area contributed by atoms with Crippen molar-refractivity contribution in [2.24, 2.45) is 0 Å². The van der Waals surface area contributed by atoms with Gasteiger partial charge in [0.05, 0.1) is 6.26 Å². The molecular formula is C13H25N3O5S. The third-order valence-corrected chi connectivity index (χ3v) is 4.92. The lowest BCUT2D eigenvalue weighted by Crippen LogP contribution is -2.48. The van der Waals surface area contributed by atoms with E-state index in [1.54, 1.807) is 16.9 Å². The quantitative estimate of drug-likeness (QED) is 0.397. The first-order chi connectivity index (χ1) is 10.4. The summed E-state index contributed by atoms with van der Waals surface area (Å²) in [7, 11) is -1.77. The van der Waals surface area contributed by atoms with Crippen molar-refractivity contribution in [3.05, 3.63) is 0 Å². The van der Waals surface area contributed by atoms with Crippen LogP contribution in [0.15, 0.2) is 0 Å². The van der Waals surface area contributed by atoms with Gasteiger partial charge in [-0.2, -0.15) is 0 Å². The fraction of sp³-hybridized carbons (Fsp3) is 0.846. The van der Waals surface area contributed by atoms with Gasteiger partial charge in [0, 0.05) is 59.4 Å². The summed E-state index contributed by atoms with van der Waals surface area (Å²) < 4.78 is 29.6. The predicted octanol–water partition coefficient (Wildman–Crippen LogP) is -1.02. The molecule has 8 nitrogen and oxygen atoms in total. The van der Waals surface area contributed by atoms with Gasteiger partial charge in [-0.1, -0.05) is 0 Å². The van der Waals surface area contributed by atoms with Gasteiger partial charge in [0.15, 0.2) is 0 Å². The minimum Gasteiger partial charge on any atom is -0.385 e. The second-order valence-corrected chi connectivity index (χ2v) is 7.26. The van der Waals surface area contributed by atoms with Crippen LogP contribution in [0.2, 0.25) is 0 Å². The fourth-order valence-corrected chi connectivity index (χ4v) is 3.17. The Morgan fingerprint density at radius 1 is 1.23 bits per heavy atom. The number of hydrogen-bond donors (Lipinski definition) is 0. The summed E-state index contributed by atoms with van der Waals surface area (Å²) in [5.41, 5.74) is 0. The van der Waals surface area contributed by atoms with E-state index in [-0.39, 0.29) is 18.9 Å². The second kappa shape index (κ2) is 9.06. The second-order valence-electron chi connectivity index (χ2n) is 5.28. The average Bonchev–Trinajstić information content (AvgIpc) is 2.49. The highest BCUT2D eigenvalue weighted by Crippen LogP contribution is 2.06. The SMILES string of the molecule is COCCCN(CCC(=O)N1CCN(C=O)CC1)S(C)(=O)=O. The molecule has 9 heteroatoms. The van der Waals surface area contributed by atoms with Crippen molar-refractivity contribution in [3.8, 4) is 0 Å². The Hall–Kier alpha value is -1.19. The normalized spacial score (nSPS) is 16.1. The van der Waals surface area contributed by atoms with Gasteiger partial charge in [-0.15, -0.1) is 0 Å². The molecule has 0 aromatic rings. The lowest BCUT2D eigenvalue weighted by molar-refractivity contribution is -0.135. The van der Waals surface area contributed by atoms with Gasteiger partial charge < -0.3 is 14.5 Å². The van der Waals surface area contributed by atoms with E-state index >= 15 is 0 Å². The zero-order valence-corrected chi connectivity index (χ0v) is 14.0. The molecule has 2 amide bonds. The van der Waals surface area contributed by atoms with Crippen molar-refractivity contribution >= 4 is 22.3 Å². The average molecular weight is 335 g/mol. The van der Waals surface area contributed by atoms with Crippen LogP contribution in [0.25, 0.3) is 0 Å². The van der Waals surface area contributed by atoms with Crippen molar-refractivity contribution in [2.45, 2.75) is 12.8 Å². The molecule has 1 heterocycles. The van der Waals surface area contributed by atoms with Crippen LogP contribution in [-0.4, -0.2) is 94.1 Å². The molecule has 0 unspecified atom stereocenters. The summed E-state index contributed by atoms with van der Waals surface area (Å²) in [6, 6.07) is 0. The first-order valence-corrected chi connectivity index (χ1v) is 9.14. The summed E-state index contributed by atoms with van der Waals surface area (Å²) in [6.07, 6.45) is 2.67. The van der Waals surface area contributed by atoms with Crippen LogP contribution in [0.5, 0.6) is 0 Å². The van der Waals surface area contributed by atoms with Gasteiger partial charge in [0.25, 0.3) is 0 Å². The summed E-state index contributed by atoms with van der Waals surface area (Å²) in [4.78, 5) is 26.1. The van der Waals surface area contributed by atoms with Gasteiger partial charge in [0.1, 0.15) is 0 Å². The molecule has 0 atom stereocenters. The molecule has 0 aromatic carbocycles. The summed E-state index contributed by atoms with van der Waals surface area (Å²) >= 11 is 0. The molecule has 0 radical (unpaired) electrons. The molecule has 0 aliphatic carbocycles. The molecule has 22 heavy (non-hydrogen) atoms. The highest BCUT2D eigenvalue weighted by molar-refractivity contribution is 7.88. The number of nitrogens with zero attached hydrogens (tertiary/aromatic N) is 3. The maximum atomic E-state index is 12.1. The molecule has 0 spiro atoms. The molecule has 0 N–H and O–H groups in total. The molecule has 1 aliphatic rings. The van der Waals surface area contributed by atoms with Crippen molar-refractivity contribution in [3.63, 3.8) is 0 Å². The molecular weight excluding hydrogens is 310 g/mol. The number of sulfonamides is 1. The van der Waals surface area contributed by atoms with Crippen LogP contribution in [0, 0.1) is 0 Å². The Labute approximate surface area is 132 Å². The van der Waals surface area contributed by atoms with Gasteiger partial charge >= 0.3 is 0 Å². The molecule has 0 saturated carbocycles. The zero-order valence-electron chi connectivity index (χ0n) is 13.2. The number of piperazine rings is 1. The third-order valence-electron chi connectivity index (χ3n) is 3.62. The van der Waals surface area contributed by atoms with Crippen molar-refractivity contribution in [1.82, 2.24) is 14.1 Å². The fourth-order valence-electron chi connectivity index (χ4n) is 2.28.